The van der Waals surface area contributed by atoms with Crippen molar-refractivity contribution in [3.63, 3.8) is 0 Å². The molecule has 2 atom stereocenters. The molecular formula is C14H19N3O4. The first-order valence-corrected chi connectivity index (χ1v) is 6.64. The van der Waals surface area contributed by atoms with Gasteiger partial charge in [0.1, 0.15) is 11.7 Å². The standard InChI is InChI=1S/C14H19N3O4/c1-16(2)13(18)11-6-9(4-5-15-11)17-8-10(21-3)7-12(17)14(19)20/h4-6,10,12H,7-8H2,1-3H3,(H,19,20). The number of carbonyl (C=O) groups is 2. The Hall–Kier alpha value is -2.15. The summed E-state index contributed by atoms with van der Waals surface area (Å²) in [5.41, 5.74) is 0.963. The van der Waals surface area contributed by atoms with Gasteiger partial charge in [0.25, 0.3) is 5.91 Å². The van der Waals surface area contributed by atoms with Gasteiger partial charge < -0.3 is 19.6 Å². The zero-order valence-electron chi connectivity index (χ0n) is 12.3. The van der Waals surface area contributed by atoms with Gasteiger partial charge in [0.15, 0.2) is 0 Å². The molecule has 1 fully saturated rings. The average Bonchev–Trinajstić information content (AvgIpc) is 2.91. The van der Waals surface area contributed by atoms with Crippen molar-refractivity contribution in [2.24, 2.45) is 0 Å². The highest BCUT2D eigenvalue weighted by molar-refractivity contribution is 5.93. The van der Waals surface area contributed by atoms with Crippen LogP contribution in [0.3, 0.4) is 0 Å². The van der Waals surface area contributed by atoms with Crippen LogP contribution in [-0.4, -0.2) is 66.8 Å². The molecule has 114 valence electrons. The van der Waals surface area contributed by atoms with E-state index in [9.17, 15) is 14.7 Å². The minimum absolute atomic E-state index is 0.132. The lowest BCUT2D eigenvalue weighted by molar-refractivity contribution is -0.138. The van der Waals surface area contributed by atoms with Crippen LogP contribution in [0.2, 0.25) is 0 Å². The van der Waals surface area contributed by atoms with Gasteiger partial charge in [-0.1, -0.05) is 0 Å². The predicted octanol–water partition coefficient (Wildman–Crippen LogP) is 0.462. The first-order valence-electron chi connectivity index (χ1n) is 6.64. The van der Waals surface area contributed by atoms with Crippen LogP contribution in [0.25, 0.3) is 0 Å². The summed E-state index contributed by atoms with van der Waals surface area (Å²) in [6.45, 7) is 0.479. The number of carboxylic acids is 1. The highest BCUT2D eigenvalue weighted by atomic mass is 16.5. The molecule has 21 heavy (non-hydrogen) atoms. The number of pyridine rings is 1. The van der Waals surface area contributed by atoms with Crippen LogP contribution >= 0.6 is 0 Å². The van der Waals surface area contributed by atoms with Crippen molar-refractivity contribution in [2.75, 3.05) is 32.6 Å². The Kier molecular flexibility index (Phi) is 4.42. The van der Waals surface area contributed by atoms with E-state index in [2.05, 4.69) is 4.98 Å². The van der Waals surface area contributed by atoms with Crippen LogP contribution in [0.4, 0.5) is 5.69 Å². The lowest BCUT2D eigenvalue weighted by Gasteiger charge is -2.24. The third kappa shape index (κ3) is 3.13. The summed E-state index contributed by atoms with van der Waals surface area (Å²) >= 11 is 0. The molecule has 0 saturated carbocycles. The summed E-state index contributed by atoms with van der Waals surface area (Å²) in [6, 6.07) is 2.68. The molecule has 0 aromatic carbocycles. The van der Waals surface area contributed by atoms with Crippen LogP contribution in [-0.2, 0) is 9.53 Å². The SMILES string of the molecule is COC1CC(C(=O)O)N(c2ccnc(C(=O)N(C)C)c2)C1. The minimum Gasteiger partial charge on any atom is -0.480 e. The molecule has 2 unspecified atom stereocenters. The van der Waals surface area contributed by atoms with E-state index in [4.69, 9.17) is 4.74 Å². The molecule has 0 aliphatic carbocycles. The molecule has 0 spiro atoms. The topological polar surface area (TPSA) is 83.0 Å². The highest BCUT2D eigenvalue weighted by Crippen LogP contribution is 2.27. The number of rotatable bonds is 4. The number of amides is 1. The van der Waals surface area contributed by atoms with Gasteiger partial charge in [-0.2, -0.15) is 0 Å². The van der Waals surface area contributed by atoms with E-state index < -0.39 is 12.0 Å². The van der Waals surface area contributed by atoms with Crippen LogP contribution in [0.5, 0.6) is 0 Å². The number of ether oxygens (including phenoxy) is 1. The van der Waals surface area contributed by atoms with Gasteiger partial charge in [-0.15, -0.1) is 0 Å². The van der Waals surface area contributed by atoms with Crippen molar-refractivity contribution in [1.82, 2.24) is 9.88 Å². The molecule has 0 bridgehead atoms. The maximum atomic E-state index is 12.0. The van der Waals surface area contributed by atoms with Gasteiger partial charge in [-0.05, 0) is 12.1 Å². The number of aromatic nitrogens is 1. The summed E-state index contributed by atoms with van der Waals surface area (Å²) in [5.74, 6) is -1.11. The summed E-state index contributed by atoms with van der Waals surface area (Å²) in [4.78, 5) is 30.6. The van der Waals surface area contributed by atoms with E-state index in [-0.39, 0.29) is 12.0 Å². The number of anilines is 1. The summed E-state index contributed by atoms with van der Waals surface area (Å²) in [6.07, 6.45) is 1.81. The first-order chi connectivity index (χ1) is 9.93. The van der Waals surface area contributed by atoms with Gasteiger partial charge in [-0.25, -0.2) is 4.79 Å². The zero-order valence-corrected chi connectivity index (χ0v) is 12.3. The minimum atomic E-state index is -0.896. The van der Waals surface area contributed by atoms with Crippen LogP contribution in [0, 0.1) is 0 Å². The average molecular weight is 293 g/mol. The fraction of sp³-hybridized carbons (Fsp3) is 0.500. The number of carboxylic acid groups (broad SMARTS) is 1. The summed E-state index contributed by atoms with van der Waals surface area (Å²) in [7, 11) is 4.86. The number of nitrogens with zero attached hydrogens (tertiary/aromatic N) is 3. The lowest BCUT2D eigenvalue weighted by Crippen LogP contribution is -2.36. The second-order valence-electron chi connectivity index (χ2n) is 5.20. The van der Waals surface area contributed by atoms with E-state index in [0.717, 1.165) is 0 Å². The summed E-state index contributed by atoms with van der Waals surface area (Å²) < 4.78 is 5.26. The third-order valence-corrected chi connectivity index (χ3v) is 3.58. The predicted molar refractivity (Wildman–Crippen MR) is 76.4 cm³/mol. The van der Waals surface area contributed by atoms with Crippen molar-refractivity contribution >= 4 is 17.6 Å². The van der Waals surface area contributed by atoms with Crippen LogP contribution in [0.1, 0.15) is 16.9 Å². The Labute approximate surface area is 123 Å². The molecule has 1 aromatic heterocycles. The van der Waals surface area contributed by atoms with E-state index in [1.54, 1.807) is 38.2 Å². The molecule has 1 aliphatic heterocycles. The fourth-order valence-corrected chi connectivity index (χ4v) is 2.43. The van der Waals surface area contributed by atoms with Gasteiger partial charge in [0.05, 0.1) is 6.10 Å². The van der Waals surface area contributed by atoms with Crippen molar-refractivity contribution in [3.05, 3.63) is 24.0 Å². The van der Waals surface area contributed by atoms with Gasteiger partial charge in [0.2, 0.25) is 0 Å². The van der Waals surface area contributed by atoms with Crippen molar-refractivity contribution in [2.45, 2.75) is 18.6 Å². The van der Waals surface area contributed by atoms with Crippen LogP contribution in [0.15, 0.2) is 18.3 Å². The second-order valence-corrected chi connectivity index (χ2v) is 5.20. The molecule has 2 rings (SSSR count). The van der Waals surface area contributed by atoms with E-state index in [1.165, 1.54) is 11.1 Å². The Morgan fingerprint density at radius 2 is 2.19 bits per heavy atom. The van der Waals surface area contributed by atoms with Crippen molar-refractivity contribution in [3.8, 4) is 0 Å². The molecule has 1 N–H and O–H groups in total. The number of hydrogen-bond donors (Lipinski definition) is 1. The van der Waals surface area contributed by atoms with Gasteiger partial charge in [0, 0.05) is 46.1 Å². The highest BCUT2D eigenvalue weighted by Gasteiger charge is 2.37. The number of aliphatic carboxylic acids is 1. The van der Waals surface area contributed by atoms with E-state index in [1.807, 2.05) is 0 Å². The Morgan fingerprint density at radius 1 is 1.48 bits per heavy atom. The zero-order chi connectivity index (χ0) is 15.6. The van der Waals surface area contributed by atoms with E-state index in [0.29, 0.717) is 24.3 Å². The maximum Gasteiger partial charge on any atom is 0.326 e. The first kappa shape index (κ1) is 15.2. The second kappa shape index (κ2) is 6.09. The molecule has 1 saturated heterocycles. The van der Waals surface area contributed by atoms with Gasteiger partial charge in [-0.3, -0.25) is 9.78 Å². The van der Waals surface area contributed by atoms with E-state index >= 15 is 0 Å². The quantitative estimate of drug-likeness (QED) is 0.868. The Bertz CT molecular complexity index is 547. The molecule has 1 aliphatic rings. The molecule has 2 heterocycles. The molecule has 0 radical (unpaired) electrons. The lowest BCUT2D eigenvalue weighted by atomic mass is 10.2. The van der Waals surface area contributed by atoms with Crippen LogP contribution < -0.4 is 4.90 Å². The molecule has 1 amide bonds. The monoisotopic (exact) mass is 293 g/mol. The largest absolute Gasteiger partial charge is 0.480 e. The Balaban J connectivity index is 2.30. The molecular weight excluding hydrogens is 274 g/mol. The fourth-order valence-electron chi connectivity index (χ4n) is 2.43. The normalized spacial score (nSPS) is 21.4. The maximum absolute atomic E-state index is 12.0. The van der Waals surface area contributed by atoms with Crippen molar-refractivity contribution in [1.29, 1.82) is 0 Å². The van der Waals surface area contributed by atoms with Gasteiger partial charge >= 0.3 is 5.97 Å². The molecule has 1 aromatic rings. The Morgan fingerprint density at radius 3 is 2.76 bits per heavy atom. The number of hydrogen-bond acceptors (Lipinski definition) is 5. The summed E-state index contributed by atoms with van der Waals surface area (Å²) in [5, 5.41) is 9.34. The molecule has 7 nitrogen and oxygen atoms in total. The smallest absolute Gasteiger partial charge is 0.326 e. The van der Waals surface area contributed by atoms with Crippen molar-refractivity contribution < 1.29 is 19.4 Å². The number of methoxy groups -OCH3 is 1. The third-order valence-electron chi connectivity index (χ3n) is 3.58. The number of carbonyl (C=O) groups excluding carboxylic acids is 1. The molecule has 7 heteroatoms.